The van der Waals surface area contributed by atoms with Crippen LogP contribution in [0.25, 0.3) is 0 Å². The predicted molar refractivity (Wildman–Crippen MR) is 50.3 cm³/mol. The molecule has 1 atom stereocenters. The van der Waals surface area contributed by atoms with Crippen LogP contribution in [0.2, 0.25) is 0 Å². The highest BCUT2D eigenvalue weighted by Gasteiger charge is 2.21. The van der Waals surface area contributed by atoms with Gasteiger partial charge in [-0.25, -0.2) is 4.79 Å². The number of hydrogen-bond acceptors (Lipinski definition) is 2. The average Bonchev–Trinajstić information content (AvgIpc) is 2.51. The van der Waals surface area contributed by atoms with Gasteiger partial charge >= 0.3 is 5.97 Å². The van der Waals surface area contributed by atoms with Crippen molar-refractivity contribution in [1.29, 1.82) is 0 Å². The van der Waals surface area contributed by atoms with E-state index in [0.717, 1.165) is 19.5 Å². The van der Waals surface area contributed by atoms with Crippen LogP contribution in [0.4, 0.5) is 0 Å². The standard InChI is InChI=1S/C10H15NO2/c1-2-11-8-4-6-9(11)5-3-7-10(12)13/h9H,2,4-6,8H2,1H3,(H,12,13). The Morgan fingerprint density at radius 3 is 3.08 bits per heavy atom. The molecular formula is C10H15NO2. The number of nitrogens with zero attached hydrogens (tertiary/aromatic N) is 1. The Morgan fingerprint density at radius 2 is 2.46 bits per heavy atom. The van der Waals surface area contributed by atoms with Crippen LogP contribution < -0.4 is 0 Å². The molecule has 1 rings (SSSR count). The number of rotatable bonds is 2. The van der Waals surface area contributed by atoms with Crippen LogP contribution in [0.5, 0.6) is 0 Å². The Bertz CT molecular complexity index is 239. The first-order valence-electron chi connectivity index (χ1n) is 4.70. The van der Waals surface area contributed by atoms with Crippen LogP contribution in [0.1, 0.15) is 26.2 Å². The van der Waals surface area contributed by atoms with E-state index in [-0.39, 0.29) is 0 Å². The lowest BCUT2D eigenvalue weighted by atomic mass is 10.1. The zero-order valence-corrected chi connectivity index (χ0v) is 7.92. The Labute approximate surface area is 78.7 Å². The summed E-state index contributed by atoms with van der Waals surface area (Å²) in [5, 5.41) is 8.32. The predicted octanol–water partition coefficient (Wildman–Crippen LogP) is 0.949. The van der Waals surface area contributed by atoms with Crippen molar-refractivity contribution in [3.63, 3.8) is 0 Å². The van der Waals surface area contributed by atoms with Gasteiger partial charge in [-0.15, -0.1) is 0 Å². The van der Waals surface area contributed by atoms with Gasteiger partial charge in [-0.2, -0.15) is 0 Å². The molecule has 72 valence electrons. The summed E-state index contributed by atoms with van der Waals surface area (Å²) in [4.78, 5) is 12.5. The summed E-state index contributed by atoms with van der Waals surface area (Å²) in [7, 11) is 0. The smallest absolute Gasteiger partial charge is 0.381 e. The fourth-order valence-electron chi connectivity index (χ4n) is 1.79. The van der Waals surface area contributed by atoms with Crippen LogP contribution in [-0.2, 0) is 4.79 Å². The van der Waals surface area contributed by atoms with E-state index in [1.807, 2.05) is 0 Å². The van der Waals surface area contributed by atoms with Gasteiger partial charge in [0.15, 0.2) is 0 Å². The molecule has 0 aromatic rings. The van der Waals surface area contributed by atoms with Crippen molar-refractivity contribution in [3.05, 3.63) is 0 Å². The van der Waals surface area contributed by atoms with Crippen LogP contribution in [0.3, 0.4) is 0 Å². The molecule has 1 N–H and O–H groups in total. The average molecular weight is 181 g/mol. The van der Waals surface area contributed by atoms with Gasteiger partial charge in [-0.1, -0.05) is 12.8 Å². The molecule has 0 spiro atoms. The topological polar surface area (TPSA) is 40.5 Å². The van der Waals surface area contributed by atoms with Crippen LogP contribution in [-0.4, -0.2) is 35.1 Å². The number of hydrogen-bond donors (Lipinski definition) is 1. The Hall–Kier alpha value is -1.01. The summed E-state index contributed by atoms with van der Waals surface area (Å²) >= 11 is 0. The number of likely N-dealkylation sites (tertiary alicyclic amines) is 1. The highest BCUT2D eigenvalue weighted by Crippen LogP contribution is 2.18. The first kappa shape index (κ1) is 10.1. The molecule has 1 aliphatic heterocycles. The monoisotopic (exact) mass is 181 g/mol. The van der Waals surface area contributed by atoms with Crippen molar-refractivity contribution in [1.82, 2.24) is 4.90 Å². The summed E-state index contributed by atoms with van der Waals surface area (Å²) in [5.74, 6) is 3.83. The fourth-order valence-corrected chi connectivity index (χ4v) is 1.79. The van der Waals surface area contributed by atoms with Gasteiger partial charge < -0.3 is 5.11 Å². The maximum Gasteiger partial charge on any atom is 0.381 e. The van der Waals surface area contributed by atoms with Crippen molar-refractivity contribution >= 4 is 5.97 Å². The number of carbonyl (C=O) groups is 1. The molecule has 1 aliphatic rings. The molecule has 13 heavy (non-hydrogen) atoms. The number of carboxylic acid groups (broad SMARTS) is 1. The van der Waals surface area contributed by atoms with E-state index in [0.29, 0.717) is 12.5 Å². The quantitative estimate of drug-likeness (QED) is 0.645. The normalized spacial score (nSPS) is 22.4. The second-order valence-electron chi connectivity index (χ2n) is 3.24. The van der Waals surface area contributed by atoms with Crippen molar-refractivity contribution in [3.8, 4) is 11.8 Å². The number of carboxylic acids is 1. The lowest BCUT2D eigenvalue weighted by molar-refractivity contribution is -0.130. The van der Waals surface area contributed by atoms with E-state index in [1.54, 1.807) is 0 Å². The molecule has 0 aromatic heterocycles. The third-order valence-corrected chi connectivity index (χ3v) is 2.44. The highest BCUT2D eigenvalue weighted by molar-refractivity contribution is 5.86. The second kappa shape index (κ2) is 4.88. The molecule has 1 heterocycles. The Balaban J connectivity index is 2.37. The zero-order valence-electron chi connectivity index (χ0n) is 7.92. The third kappa shape index (κ3) is 3.08. The first-order valence-corrected chi connectivity index (χ1v) is 4.70. The van der Waals surface area contributed by atoms with E-state index in [2.05, 4.69) is 23.7 Å². The minimum Gasteiger partial charge on any atom is -0.472 e. The highest BCUT2D eigenvalue weighted by atomic mass is 16.4. The molecule has 0 amide bonds. The number of aliphatic carboxylic acids is 1. The minimum absolute atomic E-state index is 0.483. The van der Waals surface area contributed by atoms with Gasteiger partial charge in [-0.3, -0.25) is 4.90 Å². The van der Waals surface area contributed by atoms with E-state index in [1.165, 1.54) is 6.42 Å². The van der Waals surface area contributed by atoms with Crippen LogP contribution >= 0.6 is 0 Å². The maximum absolute atomic E-state index is 10.1. The van der Waals surface area contributed by atoms with Crippen molar-refractivity contribution in [2.24, 2.45) is 0 Å². The van der Waals surface area contributed by atoms with Gasteiger partial charge in [-0.05, 0) is 25.9 Å². The molecule has 1 saturated heterocycles. The third-order valence-electron chi connectivity index (χ3n) is 2.44. The molecule has 0 saturated carbocycles. The molecule has 0 aliphatic carbocycles. The van der Waals surface area contributed by atoms with Crippen molar-refractivity contribution < 1.29 is 9.90 Å². The molecule has 1 unspecified atom stereocenters. The van der Waals surface area contributed by atoms with Crippen LogP contribution in [0.15, 0.2) is 0 Å². The maximum atomic E-state index is 10.1. The summed E-state index contributed by atoms with van der Waals surface area (Å²) in [6.07, 6.45) is 3.07. The Kier molecular flexibility index (Phi) is 3.78. The van der Waals surface area contributed by atoms with E-state index in [4.69, 9.17) is 5.11 Å². The van der Waals surface area contributed by atoms with Crippen LogP contribution in [0, 0.1) is 11.8 Å². The summed E-state index contributed by atoms with van der Waals surface area (Å²) in [6.45, 7) is 4.30. The van der Waals surface area contributed by atoms with E-state index in [9.17, 15) is 4.79 Å². The van der Waals surface area contributed by atoms with E-state index >= 15 is 0 Å². The first-order chi connectivity index (χ1) is 6.24. The summed E-state index contributed by atoms with van der Waals surface area (Å²) in [5.41, 5.74) is 0. The Morgan fingerprint density at radius 1 is 1.69 bits per heavy atom. The molecular weight excluding hydrogens is 166 g/mol. The minimum atomic E-state index is -1.03. The molecule has 0 aromatic carbocycles. The molecule has 3 nitrogen and oxygen atoms in total. The molecule has 1 fully saturated rings. The van der Waals surface area contributed by atoms with E-state index < -0.39 is 5.97 Å². The van der Waals surface area contributed by atoms with Gasteiger partial charge in [0.25, 0.3) is 0 Å². The largest absolute Gasteiger partial charge is 0.472 e. The molecule has 3 heteroatoms. The molecule has 0 bridgehead atoms. The van der Waals surface area contributed by atoms with Gasteiger partial charge in [0.1, 0.15) is 0 Å². The summed E-state index contributed by atoms with van der Waals surface area (Å²) < 4.78 is 0. The SMILES string of the molecule is CCN1CCCC1CC#CC(=O)O. The van der Waals surface area contributed by atoms with Gasteiger partial charge in [0.2, 0.25) is 0 Å². The molecule has 0 radical (unpaired) electrons. The van der Waals surface area contributed by atoms with Gasteiger partial charge in [0.05, 0.1) is 0 Å². The van der Waals surface area contributed by atoms with Gasteiger partial charge in [0, 0.05) is 18.4 Å². The van der Waals surface area contributed by atoms with Crippen molar-refractivity contribution in [2.75, 3.05) is 13.1 Å². The second-order valence-corrected chi connectivity index (χ2v) is 3.24. The lowest BCUT2D eigenvalue weighted by Crippen LogP contribution is -2.28. The van der Waals surface area contributed by atoms with Crippen molar-refractivity contribution in [2.45, 2.75) is 32.2 Å². The summed E-state index contributed by atoms with van der Waals surface area (Å²) in [6, 6.07) is 0.483. The zero-order chi connectivity index (χ0) is 9.68. The fraction of sp³-hybridized carbons (Fsp3) is 0.700. The lowest BCUT2D eigenvalue weighted by Gasteiger charge is -2.20.